The Bertz CT molecular complexity index is 885. The van der Waals surface area contributed by atoms with Crippen molar-refractivity contribution in [2.75, 3.05) is 13.1 Å². The van der Waals surface area contributed by atoms with Crippen LogP contribution in [0.25, 0.3) is 0 Å². The van der Waals surface area contributed by atoms with E-state index in [4.69, 9.17) is 5.11 Å². The molecule has 1 fully saturated rings. The minimum atomic E-state index is -3.97. The summed E-state index contributed by atoms with van der Waals surface area (Å²) >= 11 is 0. The molecule has 0 radical (unpaired) electrons. The molecule has 1 aromatic rings. The Balaban J connectivity index is 1.87. The van der Waals surface area contributed by atoms with Gasteiger partial charge in [-0.2, -0.15) is 0 Å². The number of likely N-dealkylation sites (tertiary alicyclic amines) is 1. The first-order chi connectivity index (χ1) is 12.1. The number of piperidine rings is 1. The van der Waals surface area contributed by atoms with Crippen molar-refractivity contribution >= 4 is 27.8 Å². The van der Waals surface area contributed by atoms with Crippen LogP contribution in [-0.2, 0) is 14.8 Å². The molecule has 1 aromatic carbocycles. The van der Waals surface area contributed by atoms with Gasteiger partial charge in [-0.1, -0.05) is 0 Å². The zero-order valence-electron chi connectivity index (χ0n) is 14.5. The van der Waals surface area contributed by atoms with Crippen LogP contribution in [0.1, 0.15) is 47.4 Å². The minimum Gasteiger partial charge on any atom is -0.481 e. The molecular weight excluding hydrogens is 360 g/mol. The third-order valence-electron chi connectivity index (χ3n) is 4.80. The van der Waals surface area contributed by atoms with E-state index in [1.165, 1.54) is 23.1 Å². The summed E-state index contributed by atoms with van der Waals surface area (Å²) in [6, 6.07) is 3.54. The molecule has 1 N–H and O–H groups in total. The quantitative estimate of drug-likeness (QED) is 0.843. The Kier molecular flexibility index (Phi) is 4.51. The molecule has 0 bridgehead atoms. The van der Waals surface area contributed by atoms with Gasteiger partial charge in [0.1, 0.15) is 4.90 Å². The van der Waals surface area contributed by atoms with Crippen molar-refractivity contribution in [2.24, 2.45) is 5.92 Å². The van der Waals surface area contributed by atoms with Gasteiger partial charge in [-0.25, -0.2) is 12.7 Å². The maximum absolute atomic E-state index is 12.7. The number of carbonyl (C=O) groups excluding carboxylic acids is 2. The number of carboxylic acids is 1. The number of carbonyl (C=O) groups is 3. The summed E-state index contributed by atoms with van der Waals surface area (Å²) in [6.45, 7) is 3.83. The predicted molar refractivity (Wildman–Crippen MR) is 91.2 cm³/mol. The molecule has 1 saturated heterocycles. The fourth-order valence-electron chi connectivity index (χ4n) is 3.40. The number of carboxylic acid groups (broad SMARTS) is 1. The number of aliphatic carboxylic acids is 1. The molecule has 2 aliphatic heterocycles. The topological polar surface area (TPSA) is 112 Å². The summed E-state index contributed by atoms with van der Waals surface area (Å²) in [6.07, 6.45) is 0.730. The van der Waals surface area contributed by atoms with E-state index < -0.39 is 33.9 Å². The molecular formula is C17H20N2O6S. The molecule has 2 aliphatic rings. The smallest absolute Gasteiger partial charge is 0.306 e. The van der Waals surface area contributed by atoms with Gasteiger partial charge in [0.25, 0.3) is 21.8 Å². The van der Waals surface area contributed by atoms with Crippen LogP contribution in [0.2, 0.25) is 0 Å². The maximum atomic E-state index is 12.7. The van der Waals surface area contributed by atoms with Crippen molar-refractivity contribution in [3.63, 3.8) is 0 Å². The molecule has 0 saturated carbocycles. The first kappa shape index (κ1) is 18.4. The summed E-state index contributed by atoms with van der Waals surface area (Å²) in [5.41, 5.74) is 0.249. The Morgan fingerprint density at radius 1 is 1.19 bits per heavy atom. The molecule has 2 heterocycles. The second-order valence-corrected chi connectivity index (χ2v) is 8.60. The molecule has 0 aliphatic carbocycles. The Labute approximate surface area is 151 Å². The second-order valence-electron chi connectivity index (χ2n) is 6.82. The standard InChI is InChI=1S/C17H20N2O6S/c1-10(2)19-16(21)13-4-3-12(9-14(13)26(19,24)25)15(20)18-7-5-11(6-8-18)17(22)23/h3-4,9-11H,5-8H2,1-2H3,(H,22,23). The highest BCUT2D eigenvalue weighted by molar-refractivity contribution is 7.90. The molecule has 9 heteroatoms. The largest absolute Gasteiger partial charge is 0.481 e. The lowest BCUT2D eigenvalue weighted by Crippen LogP contribution is -2.40. The van der Waals surface area contributed by atoms with Crippen LogP contribution in [0.4, 0.5) is 0 Å². The van der Waals surface area contributed by atoms with Crippen LogP contribution in [-0.4, -0.2) is 59.6 Å². The van der Waals surface area contributed by atoms with Crippen LogP contribution < -0.4 is 0 Å². The summed E-state index contributed by atoms with van der Waals surface area (Å²) in [5, 5.41) is 9.03. The van der Waals surface area contributed by atoms with Crippen LogP contribution in [0.15, 0.2) is 23.1 Å². The van der Waals surface area contributed by atoms with E-state index in [1.807, 2.05) is 0 Å². The number of sulfonamides is 1. The van der Waals surface area contributed by atoms with Crippen molar-refractivity contribution in [3.05, 3.63) is 29.3 Å². The Hall–Kier alpha value is -2.42. The molecule has 2 amide bonds. The fraction of sp³-hybridized carbons (Fsp3) is 0.471. The highest BCUT2D eigenvalue weighted by Crippen LogP contribution is 2.33. The van der Waals surface area contributed by atoms with Crippen LogP contribution in [0.5, 0.6) is 0 Å². The van der Waals surface area contributed by atoms with Crippen molar-refractivity contribution < 1.29 is 27.9 Å². The minimum absolute atomic E-state index is 0.0693. The monoisotopic (exact) mass is 380 g/mol. The van der Waals surface area contributed by atoms with Gasteiger partial charge in [-0.05, 0) is 44.9 Å². The average Bonchev–Trinajstić information content (AvgIpc) is 2.80. The van der Waals surface area contributed by atoms with E-state index in [-0.39, 0.29) is 21.9 Å². The highest BCUT2D eigenvalue weighted by Gasteiger charge is 2.43. The normalized spacial score (nSPS) is 19.7. The molecule has 140 valence electrons. The lowest BCUT2D eigenvalue weighted by atomic mass is 9.96. The number of amides is 2. The van der Waals surface area contributed by atoms with Crippen molar-refractivity contribution in [1.29, 1.82) is 0 Å². The first-order valence-electron chi connectivity index (χ1n) is 8.39. The van der Waals surface area contributed by atoms with Gasteiger partial charge in [0.15, 0.2) is 0 Å². The van der Waals surface area contributed by atoms with Gasteiger partial charge in [-0.3, -0.25) is 14.4 Å². The average molecular weight is 380 g/mol. The summed E-state index contributed by atoms with van der Waals surface area (Å²) in [7, 11) is -3.97. The van der Waals surface area contributed by atoms with Gasteiger partial charge in [-0.15, -0.1) is 0 Å². The number of hydrogen-bond acceptors (Lipinski definition) is 5. The van der Waals surface area contributed by atoms with Crippen molar-refractivity contribution in [1.82, 2.24) is 9.21 Å². The highest BCUT2D eigenvalue weighted by atomic mass is 32.2. The summed E-state index contributed by atoms with van der Waals surface area (Å²) < 4.78 is 26.1. The maximum Gasteiger partial charge on any atom is 0.306 e. The number of nitrogens with zero attached hydrogens (tertiary/aromatic N) is 2. The molecule has 3 rings (SSSR count). The predicted octanol–water partition coefficient (Wildman–Crippen LogP) is 1.18. The van der Waals surface area contributed by atoms with E-state index in [0.29, 0.717) is 25.9 Å². The van der Waals surface area contributed by atoms with E-state index >= 15 is 0 Å². The van der Waals surface area contributed by atoms with Crippen LogP contribution in [0.3, 0.4) is 0 Å². The fourth-order valence-corrected chi connectivity index (χ4v) is 5.20. The molecule has 26 heavy (non-hydrogen) atoms. The van der Waals surface area contributed by atoms with Gasteiger partial charge >= 0.3 is 5.97 Å². The first-order valence-corrected chi connectivity index (χ1v) is 9.83. The lowest BCUT2D eigenvalue weighted by molar-refractivity contribution is -0.143. The van der Waals surface area contributed by atoms with E-state index in [9.17, 15) is 22.8 Å². The third kappa shape index (κ3) is 2.86. The Morgan fingerprint density at radius 3 is 2.35 bits per heavy atom. The Morgan fingerprint density at radius 2 is 1.81 bits per heavy atom. The number of fused-ring (bicyclic) bond motifs is 1. The van der Waals surface area contributed by atoms with E-state index in [1.54, 1.807) is 13.8 Å². The number of hydrogen-bond donors (Lipinski definition) is 1. The van der Waals surface area contributed by atoms with Gasteiger partial charge in [0.2, 0.25) is 0 Å². The zero-order chi connectivity index (χ0) is 19.2. The van der Waals surface area contributed by atoms with E-state index in [2.05, 4.69) is 0 Å². The van der Waals surface area contributed by atoms with Crippen molar-refractivity contribution in [3.8, 4) is 0 Å². The zero-order valence-corrected chi connectivity index (χ0v) is 15.3. The second kappa shape index (κ2) is 6.39. The third-order valence-corrected chi connectivity index (χ3v) is 6.80. The van der Waals surface area contributed by atoms with E-state index in [0.717, 1.165) is 4.31 Å². The molecule has 0 spiro atoms. The molecule has 0 unspecified atom stereocenters. The van der Waals surface area contributed by atoms with Crippen LogP contribution in [0, 0.1) is 5.92 Å². The van der Waals surface area contributed by atoms with Gasteiger partial charge in [0, 0.05) is 24.7 Å². The molecule has 0 atom stereocenters. The lowest BCUT2D eigenvalue weighted by Gasteiger charge is -2.30. The summed E-state index contributed by atoms with van der Waals surface area (Å²) in [4.78, 5) is 37.4. The van der Waals surface area contributed by atoms with Crippen LogP contribution >= 0.6 is 0 Å². The molecule has 0 aromatic heterocycles. The number of rotatable bonds is 3. The molecule has 8 nitrogen and oxygen atoms in total. The SMILES string of the molecule is CC(C)N1C(=O)c2ccc(C(=O)N3CCC(C(=O)O)CC3)cc2S1(=O)=O. The number of benzene rings is 1. The van der Waals surface area contributed by atoms with Crippen molar-refractivity contribution in [2.45, 2.75) is 37.6 Å². The summed E-state index contributed by atoms with van der Waals surface area (Å²) in [5.74, 6) is -2.27. The van der Waals surface area contributed by atoms with Gasteiger partial charge < -0.3 is 10.0 Å². The van der Waals surface area contributed by atoms with Gasteiger partial charge in [0.05, 0.1) is 11.5 Å².